The number of aryl methyl sites for hydroxylation is 1. The Balaban J connectivity index is 1.28. The number of nitrogens with one attached hydrogen (secondary N) is 1. The Morgan fingerprint density at radius 2 is 1.85 bits per heavy atom. The van der Waals surface area contributed by atoms with Gasteiger partial charge in [0, 0.05) is 43.2 Å². The summed E-state index contributed by atoms with van der Waals surface area (Å²) in [6, 6.07) is 18.6. The summed E-state index contributed by atoms with van der Waals surface area (Å²) in [6.07, 6.45) is 11.3. The lowest BCUT2D eigenvalue weighted by Gasteiger charge is -2.62. The van der Waals surface area contributed by atoms with Gasteiger partial charge in [0.15, 0.2) is 0 Å². The zero-order valence-electron chi connectivity index (χ0n) is 25.7. The first-order valence-corrected chi connectivity index (χ1v) is 16.3. The predicted molar refractivity (Wildman–Crippen MR) is 166 cm³/mol. The fourth-order valence-corrected chi connectivity index (χ4v) is 8.52. The summed E-state index contributed by atoms with van der Waals surface area (Å²) in [5, 5.41) is 14.0. The highest BCUT2D eigenvalue weighted by molar-refractivity contribution is 5.76. The zero-order chi connectivity index (χ0) is 28.9. The summed E-state index contributed by atoms with van der Waals surface area (Å²) in [5.41, 5.74) is 2.02. The van der Waals surface area contributed by atoms with E-state index in [1.165, 1.54) is 37.1 Å². The van der Waals surface area contributed by atoms with Crippen molar-refractivity contribution in [3.8, 4) is 5.75 Å². The maximum atomic E-state index is 13.1. The Morgan fingerprint density at radius 1 is 1.05 bits per heavy atom. The number of carbonyl (C=O) groups excluding carboxylic acids is 1. The van der Waals surface area contributed by atoms with E-state index in [0.29, 0.717) is 18.1 Å². The SMILES string of the molecule is COC12CC[C@H](NC(=O)CCCCCc3ccccc3)C[C@@]1(c1cccc(O)c1)CC[N@+](CC(C)C)(CC1CC1)C2. The van der Waals surface area contributed by atoms with Crippen LogP contribution in [-0.2, 0) is 21.4 Å². The maximum Gasteiger partial charge on any atom is 0.220 e. The fraction of sp³-hybridized carbons (Fsp3) is 0.639. The van der Waals surface area contributed by atoms with Crippen molar-refractivity contribution < 1.29 is 19.1 Å². The van der Waals surface area contributed by atoms with Crippen LogP contribution in [0.4, 0.5) is 0 Å². The van der Waals surface area contributed by atoms with Crippen LogP contribution in [0, 0.1) is 11.8 Å². The first-order valence-electron chi connectivity index (χ1n) is 16.3. The molecule has 0 aromatic heterocycles. The number of quaternary nitrogens is 1. The summed E-state index contributed by atoms with van der Waals surface area (Å²) in [4.78, 5) is 13.1. The largest absolute Gasteiger partial charge is 0.508 e. The molecule has 0 bridgehead atoms. The molecule has 3 aliphatic rings. The molecule has 1 unspecified atom stereocenters. The number of benzene rings is 2. The minimum absolute atomic E-state index is 0.131. The molecule has 41 heavy (non-hydrogen) atoms. The summed E-state index contributed by atoms with van der Waals surface area (Å²) in [6.45, 7) is 9.34. The fourth-order valence-electron chi connectivity index (χ4n) is 8.52. The van der Waals surface area contributed by atoms with Crippen molar-refractivity contribution in [3.05, 3.63) is 65.7 Å². The van der Waals surface area contributed by atoms with Crippen molar-refractivity contribution in [2.75, 3.05) is 33.3 Å². The van der Waals surface area contributed by atoms with Gasteiger partial charge in [-0.1, -0.05) is 62.7 Å². The summed E-state index contributed by atoms with van der Waals surface area (Å²) >= 11 is 0. The van der Waals surface area contributed by atoms with Crippen molar-refractivity contribution in [2.24, 2.45) is 11.8 Å². The second-order valence-corrected chi connectivity index (χ2v) is 14.1. The molecular weight excluding hydrogens is 508 g/mol. The Bertz CT molecular complexity index is 1140. The molecule has 0 radical (unpaired) electrons. The number of likely N-dealkylation sites (tertiary alicyclic amines) is 1. The van der Waals surface area contributed by atoms with E-state index in [-0.39, 0.29) is 23.0 Å². The van der Waals surface area contributed by atoms with E-state index >= 15 is 0 Å². The quantitative estimate of drug-likeness (QED) is 0.210. The van der Waals surface area contributed by atoms with Crippen molar-refractivity contribution in [1.29, 1.82) is 0 Å². The number of phenols is 1. The van der Waals surface area contributed by atoms with Crippen LogP contribution < -0.4 is 5.32 Å². The number of rotatable bonds is 13. The predicted octanol–water partition coefficient (Wildman–Crippen LogP) is 6.77. The lowest BCUT2D eigenvalue weighted by atomic mass is 9.54. The van der Waals surface area contributed by atoms with Crippen LogP contribution in [-0.4, -0.2) is 60.4 Å². The summed E-state index contributed by atoms with van der Waals surface area (Å²) in [7, 11) is 1.92. The van der Waals surface area contributed by atoms with Crippen LogP contribution in [0.2, 0.25) is 0 Å². The van der Waals surface area contributed by atoms with E-state index in [9.17, 15) is 9.90 Å². The van der Waals surface area contributed by atoms with Gasteiger partial charge in [0.05, 0.1) is 19.6 Å². The number of hydrogen-bond acceptors (Lipinski definition) is 3. The molecule has 5 rings (SSSR count). The molecule has 2 N–H and O–H groups in total. The molecule has 2 aromatic carbocycles. The number of methoxy groups -OCH3 is 1. The molecule has 0 spiro atoms. The number of unbranched alkanes of at least 4 members (excludes halogenated alkanes) is 2. The third-order valence-electron chi connectivity index (χ3n) is 10.4. The van der Waals surface area contributed by atoms with Crippen LogP contribution >= 0.6 is 0 Å². The van der Waals surface area contributed by atoms with Crippen molar-refractivity contribution in [3.63, 3.8) is 0 Å². The lowest BCUT2D eigenvalue weighted by molar-refractivity contribution is -0.945. The van der Waals surface area contributed by atoms with Gasteiger partial charge in [-0.2, -0.15) is 0 Å². The number of piperidine rings is 1. The summed E-state index contributed by atoms with van der Waals surface area (Å²) in [5.74, 6) is 1.99. The monoisotopic (exact) mass is 561 g/mol. The molecule has 5 nitrogen and oxygen atoms in total. The van der Waals surface area contributed by atoms with Crippen LogP contribution in [0.25, 0.3) is 0 Å². The van der Waals surface area contributed by atoms with Crippen molar-refractivity contribution in [2.45, 2.75) is 102 Å². The molecule has 3 fully saturated rings. The number of hydrogen-bond donors (Lipinski definition) is 2. The Kier molecular flexibility index (Phi) is 9.45. The number of amides is 1. The highest BCUT2D eigenvalue weighted by Gasteiger charge is 2.63. The van der Waals surface area contributed by atoms with Gasteiger partial charge in [-0.3, -0.25) is 4.79 Å². The Labute approximate surface area is 248 Å². The maximum absolute atomic E-state index is 13.1. The highest BCUT2D eigenvalue weighted by atomic mass is 16.5. The van der Waals surface area contributed by atoms with Crippen LogP contribution in [0.1, 0.15) is 89.2 Å². The van der Waals surface area contributed by atoms with E-state index in [1.807, 2.05) is 19.2 Å². The normalized spacial score (nSPS) is 29.7. The molecule has 1 heterocycles. The smallest absolute Gasteiger partial charge is 0.220 e. The van der Waals surface area contributed by atoms with Gasteiger partial charge < -0.3 is 19.6 Å². The minimum Gasteiger partial charge on any atom is -0.508 e. The Hall–Kier alpha value is -2.37. The van der Waals surface area contributed by atoms with E-state index in [4.69, 9.17) is 4.74 Å². The minimum atomic E-state index is -0.304. The molecule has 5 heteroatoms. The molecule has 4 atom stereocenters. The van der Waals surface area contributed by atoms with Gasteiger partial charge in [0.25, 0.3) is 0 Å². The Morgan fingerprint density at radius 3 is 2.56 bits per heavy atom. The molecule has 2 aromatic rings. The van der Waals surface area contributed by atoms with Crippen LogP contribution in [0.5, 0.6) is 5.75 Å². The molecule has 1 aliphatic heterocycles. The van der Waals surface area contributed by atoms with E-state index < -0.39 is 0 Å². The van der Waals surface area contributed by atoms with E-state index in [2.05, 4.69) is 55.6 Å². The molecule has 224 valence electrons. The third-order valence-corrected chi connectivity index (χ3v) is 10.4. The van der Waals surface area contributed by atoms with Crippen LogP contribution in [0.3, 0.4) is 0 Å². The third kappa shape index (κ3) is 7.00. The molecule has 2 aliphatic carbocycles. The molecule has 2 saturated carbocycles. The number of fused-ring (bicyclic) bond motifs is 1. The van der Waals surface area contributed by atoms with Gasteiger partial charge in [-0.15, -0.1) is 0 Å². The standard InChI is InChI=1S/C36H52N2O3/c1-28(2)25-38(26-30-17-18-30)22-21-35(31-14-10-15-33(39)23-31)24-32(19-20-36(35,27-38)41-3)37-34(40)16-9-5-8-13-29-11-6-4-7-12-29/h4,6-7,10-12,14-15,23,28,30,32H,5,8-9,13,16-22,24-27H2,1-3H3,(H-,37,39,40)/p+1/t32-,35+,36?,38-/m0/s1. The number of ether oxygens (including phenoxy) is 1. The van der Waals surface area contributed by atoms with Gasteiger partial charge in [-0.05, 0) is 74.6 Å². The second-order valence-electron chi connectivity index (χ2n) is 14.1. The topological polar surface area (TPSA) is 58.6 Å². The average molecular weight is 562 g/mol. The van der Waals surface area contributed by atoms with E-state index in [0.717, 1.165) is 74.9 Å². The van der Waals surface area contributed by atoms with Gasteiger partial charge in [0.1, 0.15) is 17.9 Å². The molecular formula is C36H53N2O3+. The molecule has 1 amide bonds. The number of phenolic OH excluding ortho intramolecular Hbond substituents is 1. The van der Waals surface area contributed by atoms with Gasteiger partial charge in [-0.25, -0.2) is 0 Å². The van der Waals surface area contributed by atoms with Crippen molar-refractivity contribution >= 4 is 5.91 Å². The number of aromatic hydroxyl groups is 1. The van der Waals surface area contributed by atoms with Crippen LogP contribution in [0.15, 0.2) is 54.6 Å². The first-order chi connectivity index (χ1) is 19.8. The number of carbonyl (C=O) groups is 1. The zero-order valence-corrected chi connectivity index (χ0v) is 25.7. The lowest BCUT2D eigenvalue weighted by Crippen LogP contribution is -2.73. The molecule has 1 saturated heterocycles. The average Bonchev–Trinajstić information content (AvgIpc) is 3.77. The van der Waals surface area contributed by atoms with Crippen molar-refractivity contribution in [1.82, 2.24) is 5.32 Å². The van der Waals surface area contributed by atoms with E-state index in [1.54, 1.807) is 6.07 Å². The van der Waals surface area contributed by atoms with Gasteiger partial charge >= 0.3 is 0 Å². The summed E-state index contributed by atoms with van der Waals surface area (Å²) < 4.78 is 7.84. The first kappa shape index (κ1) is 30.1. The number of nitrogens with zero attached hydrogens (tertiary/aromatic N) is 1. The second kappa shape index (κ2) is 12.9. The van der Waals surface area contributed by atoms with Gasteiger partial charge in [0.2, 0.25) is 5.91 Å². The highest BCUT2D eigenvalue weighted by Crippen LogP contribution is 2.56.